The summed E-state index contributed by atoms with van der Waals surface area (Å²) in [6, 6.07) is 12.2. The van der Waals surface area contributed by atoms with E-state index in [1.807, 2.05) is 20.8 Å². The molecule has 0 fully saturated rings. The number of nitrogens with zero attached hydrogens (tertiary/aromatic N) is 4. The zero-order valence-corrected chi connectivity index (χ0v) is 21.9. The second kappa shape index (κ2) is 11.5. The Hall–Kier alpha value is -4.45. The zero-order valence-electron chi connectivity index (χ0n) is 21.9. The molecule has 0 saturated heterocycles. The molecule has 2 aromatic carbocycles. The number of carbonyl (C=O) groups is 1. The minimum Gasteiger partial charge on any atom is -0.373 e. The largest absolute Gasteiger partial charge is 0.416 e. The lowest BCUT2D eigenvalue weighted by Gasteiger charge is -2.15. The molecule has 1 amide bonds. The van der Waals surface area contributed by atoms with Gasteiger partial charge in [-0.1, -0.05) is 19.9 Å². The van der Waals surface area contributed by atoms with E-state index in [2.05, 4.69) is 36.3 Å². The Morgan fingerprint density at radius 2 is 1.85 bits per heavy atom. The van der Waals surface area contributed by atoms with Gasteiger partial charge in [-0.3, -0.25) is 4.79 Å². The third kappa shape index (κ3) is 6.90. The highest BCUT2D eigenvalue weighted by atomic mass is 19.4. The Morgan fingerprint density at radius 3 is 2.56 bits per heavy atom. The molecule has 4 aromatic rings. The minimum absolute atomic E-state index is 0.0753. The van der Waals surface area contributed by atoms with Crippen LogP contribution < -0.4 is 21.3 Å². The van der Waals surface area contributed by atoms with Gasteiger partial charge < -0.3 is 21.3 Å². The molecule has 0 radical (unpaired) electrons. The van der Waals surface area contributed by atoms with Crippen LogP contribution in [0.2, 0.25) is 0 Å². The van der Waals surface area contributed by atoms with E-state index in [-0.39, 0.29) is 18.2 Å². The highest BCUT2D eigenvalue weighted by Gasteiger charge is 2.31. The van der Waals surface area contributed by atoms with Crippen LogP contribution in [0, 0.1) is 6.92 Å². The van der Waals surface area contributed by atoms with Gasteiger partial charge in [0, 0.05) is 48.7 Å². The zero-order chi connectivity index (χ0) is 28.2. The molecule has 0 unspecified atom stereocenters. The monoisotopic (exact) mass is 538 g/mol. The van der Waals surface area contributed by atoms with Crippen molar-refractivity contribution in [1.29, 1.82) is 0 Å². The Morgan fingerprint density at radius 1 is 1.05 bits per heavy atom. The Balaban J connectivity index is 1.58. The summed E-state index contributed by atoms with van der Waals surface area (Å²) in [5, 5.41) is 16.4. The lowest BCUT2D eigenvalue weighted by molar-refractivity contribution is -0.137. The van der Waals surface area contributed by atoms with Gasteiger partial charge in [-0.2, -0.15) is 23.0 Å². The maximum atomic E-state index is 13.5. The molecule has 4 N–H and O–H groups in total. The van der Waals surface area contributed by atoms with Crippen LogP contribution in [-0.4, -0.2) is 38.7 Å². The molecule has 39 heavy (non-hydrogen) atoms. The van der Waals surface area contributed by atoms with Crippen LogP contribution in [0.1, 0.15) is 40.9 Å². The number of rotatable bonds is 9. The Labute approximate surface area is 223 Å². The molecule has 0 aliphatic rings. The number of amides is 1. The van der Waals surface area contributed by atoms with Gasteiger partial charge in [0.2, 0.25) is 0 Å². The summed E-state index contributed by atoms with van der Waals surface area (Å²) >= 11 is 0. The van der Waals surface area contributed by atoms with Crippen LogP contribution >= 0.6 is 0 Å². The molecule has 9 nitrogen and oxygen atoms in total. The van der Waals surface area contributed by atoms with Crippen molar-refractivity contribution < 1.29 is 18.0 Å². The number of anilines is 4. The molecule has 0 saturated carbocycles. The molecule has 2 aromatic heterocycles. The molecule has 0 atom stereocenters. The highest BCUT2D eigenvalue weighted by Crippen LogP contribution is 2.31. The van der Waals surface area contributed by atoms with Crippen molar-refractivity contribution in [3.63, 3.8) is 0 Å². The third-order valence-electron chi connectivity index (χ3n) is 5.82. The molecule has 12 heteroatoms. The van der Waals surface area contributed by atoms with Crippen LogP contribution in [0.5, 0.6) is 0 Å². The van der Waals surface area contributed by atoms with E-state index >= 15 is 0 Å². The fourth-order valence-electron chi connectivity index (χ4n) is 3.77. The third-order valence-corrected chi connectivity index (χ3v) is 5.82. The van der Waals surface area contributed by atoms with Crippen LogP contribution in [0.4, 0.5) is 36.2 Å². The van der Waals surface area contributed by atoms with Gasteiger partial charge in [-0.15, -0.1) is 0 Å². The summed E-state index contributed by atoms with van der Waals surface area (Å²) in [4.78, 5) is 21.4. The summed E-state index contributed by atoms with van der Waals surface area (Å²) in [6.07, 6.45) is -1.54. The first kappa shape index (κ1) is 27.6. The first-order chi connectivity index (χ1) is 18.5. The summed E-state index contributed by atoms with van der Waals surface area (Å²) in [7, 11) is 1.75. The van der Waals surface area contributed by atoms with Crippen molar-refractivity contribution in [2.24, 2.45) is 0 Å². The van der Waals surface area contributed by atoms with Crippen molar-refractivity contribution in [2.75, 3.05) is 23.0 Å². The predicted molar refractivity (Wildman–Crippen MR) is 145 cm³/mol. The lowest BCUT2D eigenvalue weighted by atomic mass is 10.0. The molecule has 204 valence electrons. The molecule has 2 heterocycles. The molecule has 4 rings (SSSR count). The fraction of sp³-hybridized carbons (Fsp3) is 0.259. The van der Waals surface area contributed by atoms with Crippen LogP contribution in [0.15, 0.2) is 61.1 Å². The van der Waals surface area contributed by atoms with E-state index in [1.54, 1.807) is 48.3 Å². The van der Waals surface area contributed by atoms with Gasteiger partial charge in [0.05, 0.1) is 11.8 Å². The van der Waals surface area contributed by atoms with Crippen LogP contribution in [0.3, 0.4) is 0 Å². The quantitative estimate of drug-likeness (QED) is 0.222. The van der Waals surface area contributed by atoms with Gasteiger partial charge in [0.1, 0.15) is 18.0 Å². The lowest BCUT2D eigenvalue weighted by Crippen LogP contribution is -2.23. The Kier molecular flexibility index (Phi) is 8.15. The second-order valence-corrected chi connectivity index (χ2v) is 9.20. The van der Waals surface area contributed by atoms with Gasteiger partial charge >= 0.3 is 6.18 Å². The number of nitrogens with one attached hydrogen (secondary N) is 4. The predicted octanol–water partition coefficient (Wildman–Crippen LogP) is 5.53. The van der Waals surface area contributed by atoms with Crippen LogP contribution in [0.25, 0.3) is 5.82 Å². The fourth-order valence-corrected chi connectivity index (χ4v) is 3.77. The number of aromatic nitrogens is 4. The number of carbonyl (C=O) groups excluding carboxylic acids is 1. The van der Waals surface area contributed by atoms with Crippen molar-refractivity contribution in [3.05, 3.63) is 83.3 Å². The number of aryl methyl sites for hydroxylation is 1. The summed E-state index contributed by atoms with van der Waals surface area (Å²) < 4.78 is 42.2. The van der Waals surface area contributed by atoms with Gasteiger partial charge in [0.15, 0.2) is 5.82 Å². The van der Waals surface area contributed by atoms with Gasteiger partial charge in [-0.05, 0) is 48.4 Å². The average molecular weight is 539 g/mol. The Bertz CT molecular complexity index is 1470. The van der Waals surface area contributed by atoms with Crippen LogP contribution in [-0.2, 0) is 12.7 Å². The molecule has 0 bridgehead atoms. The summed E-state index contributed by atoms with van der Waals surface area (Å²) in [5.74, 6) is 1.13. The minimum atomic E-state index is -4.58. The topological polar surface area (TPSA) is 109 Å². The molecule has 0 spiro atoms. The normalized spacial score (nSPS) is 11.5. The maximum Gasteiger partial charge on any atom is 0.416 e. The highest BCUT2D eigenvalue weighted by molar-refractivity contribution is 6.04. The van der Waals surface area contributed by atoms with E-state index in [9.17, 15) is 18.0 Å². The van der Waals surface area contributed by atoms with Crippen molar-refractivity contribution in [3.8, 4) is 5.82 Å². The van der Waals surface area contributed by atoms with E-state index in [1.165, 1.54) is 12.4 Å². The maximum absolute atomic E-state index is 13.5. The molecule has 0 aliphatic carbocycles. The first-order valence-electron chi connectivity index (χ1n) is 12.2. The summed E-state index contributed by atoms with van der Waals surface area (Å²) in [5.41, 5.74) is 1.38. The molecular formula is C27H29F3N8O. The van der Waals surface area contributed by atoms with E-state index in [0.29, 0.717) is 34.4 Å². The molecular weight excluding hydrogens is 509 g/mol. The first-order valence-corrected chi connectivity index (χ1v) is 12.2. The number of hydrogen-bond acceptors (Lipinski definition) is 7. The number of hydrogen-bond donors (Lipinski definition) is 4. The SMILES string of the molecule is CNc1cc(-n2nccc2Nc2cc(NC(=O)c3cc(CNC(C)C)cc(C(F)(F)F)c3)ccc2C)ncn1. The second-order valence-electron chi connectivity index (χ2n) is 9.20. The van der Waals surface area contributed by atoms with Gasteiger partial charge in [0.25, 0.3) is 5.91 Å². The van der Waals surface area contributed by atoms with Crippen molar-refractivity contribution in [2.45, 2.75) is 39.5 Å². The average Bonchev–Trinajstić information content (AvgIpc) is 3.37. The smallest absolute Gasteiger partial charge is 0.373 e. The number of halogens is 3. The van der Waals surface area contributed by atoms with Crippen molar-refractivity contribution in [1.82, 2.24) is 25.1 Å². The van der Waals surface area contributed by atoms with Gasteiger partial charge in [-0.25, -0.2) is 9.97 Å². The summed E-state index contributed by atoms with van der Waals surface area (Å²) in [6.45, 7) is 5.88. The van der Waals surface area contributed by atoms with E-state index in [4.69, 9.17) is 0 Å². The van der Waals surface area contributed by atoms with E-state index in [0.717, 1.165) is 17.7 Å². The van der Waals surface area contributed by atoms with E-state index < -0.39 is 17.6 Å². The van der Waals surface area contributed by atoms with Crippen molar-refractivity contribution >= 4 is 28.9 Å². The standard InChI is InChI=1S/C27H29F3N8O/c1-16(2)32-14-18-9-19(11-20(10-18)27(28,29)30)26(39)36-21-6-5-17(3)22(12-21)37-24-7-8-35-38(24)25-13-23(31-4)33-15-34-25/h5-13,15-16,32,37H,14H2,1-4H3,(H,36,39)(H,31,33,34). The number of alkyl halides is 3. The molecule has 0 aliphatic heterocycles. The number of benzene rings is 2.